The van der Waals surface area contributed by atoms with E-state index in [1.54, 1.807) is 19.1 Å². The van der Waals surface area contributed by atoms with Gasteiger partial charge >= 0.3 is 5.97 Å². The molecule has 3 N–H and O–H groups in total. The van der Waals surface area contributed by atoms with Crippen molar-refractivity contribution in [2.45, 2.75) is 20.0 Å². The molecule has 0 saturated carbocycles. The second-order valence-corrected chi connectivity index (χ2v) is 7.67. The van der Waals surface area contributed by atoms with Crippen molar-refractivity contribution < 1.29 is 14.7 Å². The number of amides is 1. The molecule has 0 spiro atoms. The van der Waals surface area contributed by atoms with Gasteiger partial charge in [0.25, 0.3) is 11.5 Å². The molecule has 2 heterocycles. The number of aryl methyl sites for hydroxylation is 1. The van der Waals surface area contributed by atoms with Crippen molar-refractivity contribution in [1.29, 1.82) is 0 Å². The number of rotatable bonds is 6. The van der Waals surface area contributed by atoms with Gasteiger partial charge in [-0.05, 0) is 44.3 Å². The Morgan fingerprint density at radius 2 is 1.93 bits per heavy atom. The number of hydrogen-bond acceptors (Lipinski definition) is 6. The summed E-state index contributed by atoms with van der Waals surface area (Å²) in [6, 6.07) is 6.29. The molecular formula is C19H20N4O4S. The lowest BCUT2D eigenvalue weighted by Gasteiger charge is -2.07. The highest BCUT2D eigenvalue weighted by atomic mass is 32.1. The van der Waals surface area contributed by atoms with E-state index in [4.69, 9.17) is 5.11 Å². The Balaban J connectivity index is 1.81. The third-order valence-corrected chi connectivity index (χ3v) is 5.36. The van der Waals surface area contributed by atoms with Gasteiger partial charge in [-0.2, -0.15) is 0 Å². The number of carboxylic acid groups (broad SMARTS) is 1. The maximum Gasteiger partial charge on any atom is 0.335 e. The number of fused-ring (bicyclic) bond motifs is 1. The molecule has 0 aliphatic rings. The number of aromatic amines is 1. The van der Waals surface area contributed by atoms with Gasteiger partial charge in [0, 0.05) is 6.54 Å². The molecular weight excluding hydrogens is 380 g/mol. The molecule has 0 aliphatic heterocycles. The minimum atomic E-state index is -0.997. The Morgan fingerprint density at radius 3 is 2.54 bits per heavy atom. The number of thiophene rings is 1. The fourth-order valence-electron chi connectivity index (χ4n) is 2.81. The number of carbonyl (C=O) groups excluding carboxylic acids is 1. The number of hydrogen-bond donors (Lipinski definition) is 3. The van der Waals surface area contributed by atoms with E-state index in [-0.39, 0.29) is 23.6 Å². The molecule has 0 atom stereocenters. The van der Waals surface area contributed by atoms with Crippen LogP contribution in [0.3, 0.4) is 0 Å². The van der Waals surface area contributed by atoms with Gasteiger partial charge in [0.05, 0.1) is 22.4 Å². The molecule has 0 fully saturated rings. The zero-order valence-corrected chi connectivity index (χ0v) is 16.5. The first-order valence-electron chi connectivity index (χ1n) is 8.53. The highest BCUT2D eigenvalue weighted by molar-refractivity contribution is 7.20. The smallest absolute Gasteiger partial charge is 0.335 e. The lowest BCUT2D eigenvalue weighted by molar-refractivity contribution is 0.0696. The number of aromatic carboxylic acids is 1. The topological polar surface area (TPSA) is 115 Å². The zero-order valence-electron chi connectivity index (χ0n) is 15.7. The van der Waals surface area contributed by atoms with Gasteiger partial charge in [0.15, 0.2) is 0 Å². The summed E-state index contributed by atoms with van der Waals surface area (Å²) in [5, 5.41) is 12.2. The predicted molar refractivity (Wildman–Crippen MR) is 107 cm³/mol. The van der Waals surface area contributed by atoms with E-state index >= 15 is 0 Å². The number of nitrogens with zero attached hydrogens (tertiary/aromatic N) is 2. The highest BCUT2D eigenvalue weighted by Crippen LogP contribution is 2.27. The van der Waals surface area contributed by atoms with Crippen LogP contribution in [-0.4, -0.2) is 45.9 Å². The third-order valence-electron chi connectivity index (χ3n) is 4.18. The molecule has 8 nitrogen and oxygen atoms in total. The molecule has 1 aromatic carbocycles. The molecule has 28 heavy (non-hydrogen) atoms. The van der Waals surface area contributed by atoms with Crippen LogP contribution in [-0.2, 0) is 13.1 Å². The van der Waals surface area contributed by atoms with E-state index in [9.17, 15) is 14.4 Å². The fourth-order valence-corrected chi connectivity index (χ4v) is 3.92. The summed E-state index contributed by atoms with van der Waals surface area (Å²) in [6.45, 7) is 2.48. The number of H-pyrrole nitrogens is 1. The lowest BCUT2D eigenvalue weighted by atomic mass is 10.1. The van der Waals surface area contributed by atoms with Crippen LogP contribution in [0.25, 0.3) is 10.2 Å². The summed E-state index contributed by atoms with van der Waals surface area (Å²) in [5.41, 5.74) is 1.32. The average Bonchev–Trinajstić information content (AvgIpc) is 2.96. The van der Waals surface area contributed by atoms with Gasteiger partial charge in [0.2, 0.25) is 0 Å². The van der Waals surface area contributed by atoms with Crippen molar-refractivity contribution in [3.05, 3.63) is 62.0 Å². The Labute approximate surface area is 164 Å². The van der Waals surface area contributed by atoms with E-state index in [0.717, 1.165) is 5.56 Å². The Hall–Kier alpha value is -3.04. The highest BCUT2D eigenvalue weighted by Gasteiger charge is 2.19. The van der Waals surface area contributed by atoms with Crippen molar-refractivity contribution in [3.63, 3.8) is 0 Å². The Morgan fingerprint density at radius 1 is 1.25 bits per heavy atom. The standard InChI is InChI=1S/C19H20N4O4S/c1-10-14-16(24)21-13(9-23(2)3)22-18(14)28-15(10)17(25)20-8-11-4-6-12(7-5-11)19(26)27/h4-7H,8-9H2,1-3H3,(H,20,25)(H,26,27)(H,21,22,24). The Bertz CT molecular complexity index is 1100. The van der Waals surface area contributed by atoms with Crippen molar-refractivity contribution in [2.24, 2.45) is 0 Å². The van der Waals surface area contributed by atoms with Gasteiger partial charge in [-0.15, -0.1) is 11.3 Å². The minimum Gasteiger partial charge on any atom is -0.478 e. The summed E-state index contributed by atoms with van der Waals surface area (Å²) >= 11 is 1.19. The van der Waals surface area contributed by atoms with Crippen LogP contribution in [0.15, 0.2) is 29.1 Å². The maximum atomic E-state index is 12.6. The van der Waals surface area contributed by atoms with E-state index in [0.29, 0.717) is 33.0 Å². The molecule has 3 rings (SSSR count). The predicted octanol–water partition coefficient (Wildman–Crippen LogP) is 1.98. The van der Waals surface area contributed by atoms with Gasteiger partial charge in [-0.1, -0.05) is 12.1 Å². The molecule has 0 unspecified atom stereocenters. The van der Waals surface area contributed by atoms with Crippen LogP contribution in [0.2, 0.25) is 0 Å². The van der Waals surface area contributed by atoms with E-state index in [1.165, 1.54) is 23.5 Å². The summed E-state index contributed by atoms with van der Waals surface area (Å²) < 4.78 is 0. The van der Waals surface area contributed by atoms with Crippen LogP contribution in [0, 0.1) is 6.92 Å². The Kier molecular flexibility index (Phi) is 5.57. The van der Waals surface area contributed by atoms with Gasteiger partial charge in [0.1, 0.15) is 10.7 Å². The molecule has 0 radical (unpaired) electrons. The monoisotopic (exact) mass is 400 g/mol. The van der Waals surface area contributed by atoms with Crippen molar-refractivity contribution in [1.82, 2.24) is 20.2 Å². The first-order chi connectivity index (χ1) is 13.3. The van der Waals surface area contributed by atoms with Crippen LogP contribution in [0.1, 0.15) is 37.0 Å². The van der Waals surface area contributed by atoms with Crippen molar-refractivity contribution in [3.8, 4) is 0 Å². The average molecular weight is 400 g/mol. The summed E-state index contributed by atoms with van der Waals surface area (Å²) in [7, 11) is 3.76. The first kappa shape index (κ1) is 19.7. The SMILES string of the molecule is Cc1c(C(=O)NCc2ccc(C(=O)O)cc2)sc2nc(CN(C)C)[nH]c(=O)c12. The first-order valence-corrected chi connectivity index (χ1v) is 9.35. The van der Waals surface area contributed by atoms with Crippen molar-refractivity contribution >= 4 is 33.4 Å². The number of carboxylic acids is 1. The minimum absolute atomic E-state index is 0.189. The molecule has 0 saturated heterocycles. The molecule has 1 amide bonds. The molecule has 3 aromatic rings. The van der Waals surface area contributed by atoms with Crippen LogP contribution >= 0.6 is 11.3 Å². The molecule has 146 valence electrons. The van der Waals surface area contributed by atoms with Gasteiger partial charge in [-0.3, -0.25) is 9.59 Å². The lowest BCUT2D eigenvalue weighted by Crippen LogP contribution is -2.22. The second-order valence-electron chi connectivity index (χ2n) is 6.67. The third kappa shape index (κ3) is 4.10. The van der Waals surface area contributed by atoms with Gasteiger partial charge < -0.3 is 20.3 Å². The number of aromatic nitrogens is 2. The van der Waals surface area contributed by atoms with Gasteiger partial charge in [-0.25, -0.2) is 9.78 Å². The maximum absolute atomic E-state index is 12.6. The molecule has 0 aliphatic carbocycles. The largest absolute Gasteiger partial charge is 0.478 e. The fraction of sp³-hybridized carbons (Fsp3) is 0.263. The van der Waals surface area contributed by atoms with Crippen LogP contribution < -0.4 is 10.9 Å². The number of carbonyl (C=O) groups is 2. The molecule has 0 bridgehead atoms. The van der Waals surface area contributed by atoms with Crippen molar-refractivity contribution in [2.75, 3.05) is 14.1 Å². The van der Waals surface area contributed by atoms with Crippen LogP contribution in [0.5, 0.6) is 0 Å². The summed E-state index contributed by atoms with van der Waals surface area (Å²) in [5.74, 6) is -0.742. The second kappa shape index (κ2) is 7.91. The van der Waals surface area contributed by atoms with E-state index < -0.39 is 5.97 Å². The molecule has 2 aromatic heterocycles. The van der Waals surface area contributed by atoms with E-state index in [2.05, 4.69) is 15.3 Å². The number of nitrogens with one attached hydrogen (secondary N) is 2. The quantitative estimate of drug-likeness (QED) is 0.583. The summed E-state index contributed by atoms with van der Waals surface area (Å²) in [6.07, 6.45) is 0. The van der Waals surface area contributed by atoms with E-state index in [1.807, 2.05) is 19.0 Å². The zero-order chi connectivity index (χ0) is 20.4. The normalized spacial score (nSPS) is 11.1. The number of benzene rings is 1. The summed E-state index contributed by atoms with van der Waals surface area (Å²) in [4.78, 5) is 46.0. The molecule has 9 heteroatoms. The van der Waals surface area contributed by atoms with Crippen LogP contribution in [0.4, 0.5) is 0 Å².